The van der Waals surface area contributed by atoms with Crippen LogP contribution in [0.4, 0.5) is 4.39 Å². The molecule has 1 aromatic carbocycles. The van der Waals surface area contributed by atoms with Crippen LogP contribution in [-0.4, -0.2) is 22.4 Å². The van der Waals surface area contributed by atoms with Crippen molar-refractivity contribution in [3.8, 4) is 0 Å². The molecule has 98 valence electrons. The van der Waals surface area contributed by atoms with E-state index in [2.05, 4.69) is 5.32 Å². The van der Waals surface area contributed by atoms with Crippen LogP contribution in [0.2, 0.25) is 0 Å². The van der Waals surface area contributed by atoms with Gasteiger partial charge in [-0.3, -0.25) is 9.00 Å². The summed E-state index contributed by atoms with van der Waals surface area (Å²) in [5.41, 5.74) is 0.782. The molecule has 0 bridgehead atoms. The van der Waals surface area contributed by atoms with Crippen molar-refractivity contribution < 1.29 is 13.4 Å². The van der Waals surface area contributed by atoms with E-state index in [-0.39, 0.29) is 23.2 Å². The van der Waals surface area contributed by atoms with Crippen LogP contribution >= 0.6 is 0 Å². The standard InChI is InChI=1S/C13H16FNO2S/c14-12-5-3-11(4-6-12)8-18(17)9-13(16)15-7-10-1-2-10/h3-6,10H,1-2,7-9H2,(H,15,16)/t18-/m0/s1. The zero-order chi connectivity index (χ0) is 13.0. The summed E-state index contributed by atoms with van der Waals surface area (Å²) in [4.78, 5) is 11.5. The fourth-order valence-corrected chi connectivity index (χ4v) is 2.66. The molecule has 1 fully saturated rings. The first kappa shape index (κ1) is 13.2. The third kappa shape index (κ3) is 4.56. The predicted molar refractivity (Wildman–Crippen MR) is 68.8 cm³/mol. The van der Waals surface area contributed by atoms with E-state index < -0.39 is 10.8 Å². The smallest absolute Gasteiger partial charge is 0.232 e. The number of halogens is 1. The van der Waals surface area contributed by atoms with Gasteiger partial charge in [-0.2, -0.15) is 0 Å². The second-order valence-electron chi connectivity index (χ2n) is 4.60. The molecular formula is C13H16FNO2S. The van der Waals surface area contributed by atoms with Crippen molar-refractivity contribution in [2.75, 3.05) is 12.3 Å². The topological polar surface area (TPSA) is 46.2 Å². The summed E-state index contributed by atoms with van der Waals surface area (Å²) >= 11 is 0. The lowest BCUT2D eigenvalue weighted by molar-refractivity contribution is -0.118. The first-order chi connectivity index (χ1) is 8.63. The summed E-state index contributed by atoms with van der Waals surface area (Å²) in [5, 5.41) is 2.78. The van der Waals surface area contributed by atoms with Gasteiger partial charge in [0.25, 0.3) is 0 Å². The molecular weight excluding hydrogens is 253 g/mol. The normalized spacial score (nSPS) is 16.3. The average Bonchev–Trinajstić information content (AvgIpc) is 3.13. The number of rotatable bonds is 6. The number of hydrogen-bond donors (Lipinski definition) is 1. The van der Waals surface area contributed by atoms with Crippen molar-refractivity contribution in [2.45, 2.75) is 18.6 Å². The SMILES string of the molecule is O=C(C[S@@](=O)Cc1ccc(F)cc1)NCC1CC1. The second kappa shape index (κ2) is 6.09. The molecule has 0 spiro atoms. The molecule has 1 saturated carbocycles. The van der Waals surface area contributed by atoms with Gasteiger partial charge in [-0.25, -0.2) is 4.39 Å². The van der Waals surface area contributed by atoms with Crippen LogP contribution in [0.1, 0.15) is 18.4 Å². The molecule has 0 saturated heterocycles. The van der Waals surface area contributed by atoms with Crippen molar-refractivity contribution in [1.82, 2.24) is 5.32 Å². The minimum atomic E-state index is -1.24. The van der Waals surface area contributed by atoms with E-state index in [0.717, 1.165) is 5.56 Å². The number of hydrogen-bond acceptors (Lipinski definition) is 2. The third-order valence-electron chi connectivity index (χ3n) is 2.82. The van der Waals surface area contributed by atoms with Crippen LogP contribution in [0.3, 0.4) is 0 Å². The van der Waals surface area contributed by atoms with Crippen LogP contribution in [0.15, 0.2) is 24.3 Å². The van der Waals surface area contributed by atoms with Crippen LogP contribution < -0.4 is 5.32 Å². The Labute approximate surface area is 108 Å². The third-order valence-corrected chi connectivity index (χ3v) is 4.06. The molecule has 2 rings (SSSR count). The molecule has 1 aliphatic carbocycles. The van der Waals surface area contributed by atoms with Crippen molar-refractivity contribution in [3.05, 3.63) is 35.6 Å². The molecule has 1 N–H and O–H groups in total. The first-order valence-electron chi connectivity index (χ1n) is 5.99. The van der Waals surface area contributed by atoms with E-state index in [9.17, 15) is 13.4 Å². The van der Waals surface area contributed by atoms with E-state index in [1.165, 1.54) is 25.0 Å². The summed E-state index contributed by atoms with van der Waals surface area (Å²) in [5.74, 6) is 0.454. The molecule has 0 aromatic heterocycles. The van der Waals surface area contributed by atoms with Crippen LogP contribution in [0.5, 0.6) is 0 Å². The van der Waals surface area contributed by atoms with Crippen LogP contribution in [-0.2, 0) is 21.3 Å². The van der Waals surface area contributed by atoms with Crippen molar-refractivity contribution in [1.29, 1.82) is 0 Å². The van der Waals surface area contributed by atoms with E-state index in [0.29, 0.717) is 12.5 Å². The first-order valence-corrected chi connectivity index (χ1v) is 7.48. The number of benzene rings is 1. The van der Waals surface area contributed by atoms with Gasteiger partial charge >= 0.3 is 0 Å². The minimum absolute atomic E-state index is 0.0180. The molecule has 18 heavy (non-hydrogen) atoms. The lowest BCUT2D eigenvalue weighted by Gasteiger charge is -2.04. The minimum Gasteiger partial charge on any atom is -0.355 e. The predicted octanol–water partition coefficient (Wildman–Crippen LogP) is 1.60. The Bertz CT molecular complexity index is 443. The molecule has 1 atom stereocenters. The number of nitrogens with one attached hydrogen (secondary N) is 1. The van der Waals surface area contributed by atoms with Gasteiger partial charge in [0, 0.05) is 23.1 Å². The van der Waals surface area contributed by atoms with Crippen molar-refractivity contribution >= 4 is 16.7 Å². The van der Waals surface area contributed by atoms with Gasteiger partial charge in [0.2, 0.25) is 5.91 Å². The maximum atomic E-state index is 12.7. The lowest BCUT2D eigenvalue weighted by atomic mass is 10.2. The molecule has 1 aliphatic rings. The van der Waals surface area contributed by atoms with E-state index >= 15 is 0 Å². The Hall–Kier alpha value is -1.23. The van der Waals surface area contributed by atoms with Crippen LogP contribution in [0.25, 0.3) is 0 Å². The Balaban J connectivity index is 1.73. The summed E-state index contributed by atoms with van der Waals surface area (Å²) in [6, 6.07) is 5.85. The summed E-state index contributed by atoms with van der Waals surface area (Å²) in [6.45, 7) is 0.701. The zero-order valence-corrected chi connectivity index (χ0v) is 10.8. The highest BCUT2D eigenvalue weighted by molar-refractivity contribution is 7.84. The maximum Gasteiger partial charge on any atom is 0.232 e. The quantitative estimate of drug-likeness (QED) is 0.852. The average molecular weight is 269 g/mol. The second-order valence-corrected chi connectivity index (χ2v) is 6.06. The van der Waals surface area contributed by atoms with E-state index in [4.69, 9.17) is 0 Å². The molecule has 1 amide bonds. The van der Waals surface area contributed by atoms with Gasteiger partial charge in [-0.05, 0) is 36.5 Å². The molecule has 5 heteroatoms. The van der Waals surface area contributed by atoms with E-state index in [1.807, 2.05) is 0 Å². The highest BCUT2D eigenvalue weighted by Crippen LogP contribution is 2.27. The zero-order valence-electron chi connectivity index (χ0n) is 10.0. The number of amides is 1. The van der Waals surface area contributed by atoms with Crippen molar-refractivity contribution in [3.63, 3.8) is 0 Å². The number of carbonyl (C=O) groups is 1. The molecule has 1 aromatic rings. The Kier molecular flexibility index (Phi) is 4.47. The molecule has 0 unspecified atom stereocenters. The van der Waals surface area contributed by atoms with Gasteiger partial charge in [-0.1, -0.05) is 12.1 Å². The number of carbonyl (C=O) groups excluding carboxylic acids is 1. The van der Waals surface area contributed by atoms with E-state index in [1.54, 1.807) is 12.1 Å². The van der Waals surface area contributed by atoms with Gasteiger partial charge in [0.1, 0.15) is 11.6 Å². The highest BCUT2D eigenvalue weighted by atomic mass is 32.2. The maximum absolute atomic E-state index is 12.7. The van der Waals surface area contributed by atoms with Crippen LogP contribution in [0, 0.1) is 11.7 Å². The molecule has 0 heterocycles. The molecule has 0 aliphatic heterocycles. The van der Waals surface area contributed by atoms with Gasteiger partial charge < -0.3 is 5.32 Å². The fraction of sp³-hybridized carbons (Fsp3) is 0.462. The summed E-state index contributed by atoms with van der Waals surface area (Å²) in [7, 11) is -1.24. The highest BCUT2D eigenvalue weighted by Gasteiger charge is 2.21. The van der Waals surface area contributed by atoms with Gasteiger partial charge in [-0.15, -0.1) is 0 Å². The van der Waals surface area contributed by atoms with Gasteiger partial charge in [0.05, 0.1) is 0 Å². The Morgan fingerprint density at radius 1 is 1.33 bits per heavy atom. The summed E-state index contributed by atoms with van der Waals surface area (Å²) < 4.78 is 24.4. The lowest BCUT2D eigenvalue weighted by Crippen LogP contribution is -2.30. The fourth-order valence-electron chi connectivity index (χ4n) is 1.59. The van der Waals surface area contributed by atoms with Gasteiger partial charge in [0.15, 0.2) is 0 Å². The Morgan fingerprint density at radius 3 is 2.61 bits per heavy atom. The molecule has 3 nitrogen and oxygen atoms in total. The summed E-state index contributed by atoms with van der Waals surface area (Å²) in [6.07, 6.45) is 2.36. The monoisotopic (exact) mass is 269 g/mol. The molecule has 0 radical (unpaired) electrons. The largest absolute Gasteiger partial charge is 0.355 e. The Morgan fingerprint density at radius 2 is 2.00 bits per heavy atom. The van der Waals surface area contributed by atoms with Crippen molar-refractivity contribution in [2.24, 2.45) is 5.92 Å².